The lowest BCUT2D eigenvalue weighted by Crippen LogP contribution is -2.13. The monoisotopic (exact) mass is 372 g/mol. The number of rotatable bonds is 2. The molecule has 104 valence electrons. The standard InChI is InChI=1S/C11H8BrF3N2S.ClH/c12-10-9(17-5-18-10)8(16)6-1-3-7(4-2-6)11(13,14)15;/h1-5,8H,16H2;1H. The lowest BCUT2D eigenvalue weighted by Gasteiger charge is -2.12. The van der Waals surface area contributed by atoms with Gasteiger partial charge in [-0.15, -0.1) is 23.7 Å². The van der Waals surface area contributed by atoms with Crippen molar-refractivity contribution in [1.29, 1.82) is 0 Å². The summed E-state index contributed by atoms with van der Waals surface area (Å²) in [7, 11) is 0. The van der Waals surface area contributed by atoms with Crippen LogP contribution in [0.5, 0.6) is 0 Å². The summed E-state index contributed by atoms with van der Waals surface area (Å²) in [5.74, 6) is 0. The van der Waals surface area contributed by atoms with E-state index in [1.54, 1.807) is 5.51 Å². The Hall–Kier alpha value is -0.630. The maximum Gasteiger partial charge on any atom is 0.416 e. The molecule has 2 nitrogen and oxygen atoms in total. The second-order valence-corrected chi connectivity index (χ2v) is 5.78. The van der Waals surface area contributed by atoms with Gasteiger partial charge in [0.25, 0.3) is 0 Å². The second kappa shape index (κ2) is 6.21. The van der Waals surface area contributed by atoms with Crippen LogP contribution in [0.3, 0.4) is 0 Å². The quantitative estimate of drug-likeness (QED) is 0.848. The first kappa shape index (κ1) is 16.4. The van der Waals surface area contributed by atoms with Gasteiger partial charge < -0.3 is 5.73 Å². The third kappa shape index (κ3) is 3.68. The van der Waals surface area contributed by atoms with Crippen molar-refractivity contribution in [3.8, 4) is 0 Å². The second-order valence-electron chi connectivity index (χ2n) is 3.61. The molecule has 0 saturated carbocycles. The molecular formula is C11H9BrClF3N2S. The fourth-order valence-corrected chi connectivity index (χ4v) is 2.64. The molecule has 1 heterocycles. The van der Waals surface area contributed by atoms with E-state index in [-0.39, 0.29) is 12.4 Å². The molecule has 0 fully saturated rings. The predicted molar refractivity (Wildman–Crippen MR) is 74.5 cm³/mol. The van der Waals surface area contributed by atoms with Crippen molar-refractivity contribution >= 4 is 39.7 Å². The average Bonchev–Trinajstić information content (AvgIpc) is 2.73. The number of benzene rings is 1. The van der Waals surface area contributed by atoms with Crippen LogP contribution >= 0.6 is 39.7 Å². The third-order valence-corrected chi connectivity index (χ3v) is 4.03. The molecule has 19 heavy (non-hydrogen) atoms. The number of halogens is 5. The van der Waals surface area contributed by atoms with Crippen molar-refractivity contribution in [2.45, 2.75) is 12.2 Å². The number of nitrogens with two attached hydrogens (primary N) is 1. The maximum atomic E-state index is 12.4. The highest BCUT2D eigenvalue weighted by Crippen LogP contribution is 2.32. The average molecular weight is 374 g/mol. The van der Waals surface area contributed by atoms with E-state index >= 15 is 0 Å². The molecule has 0 spiro atoms. The minimum Gasteiger partial charge on any atom is -0.319 e. The van der Waals surface area contributed by atoms with Gasteiger partial charge in [-0.3, -0.25) is 0 Å². The number of hydrogen-bond acceptors (Lipinski definition) is 3. The summed E-state index contributed by atoms with van der Waals surface area (Å²) in [4.78, 5) is 4.09. The summed E-state index contributed by atoms with van der Waals surface area (Å²) < 4.78 is 38.0. The summed E-state index contributed by atoms with van der Waals surface area (Å²) in [6, 6.07) is 4.26. The van der Waals surface area contributed by atoms with E-state index in [0.717, 1.165) is 15.9 Å². The first-order chi connectivity index (χ1) is 8.39. The number of thiazole rings is 1. The van der Waals surface area contributed by atoms with Crippen molar-refractivity contribution in [3.05, 3.63) is 50.4 Å². The number of nitrogens with zero attached hydrogens (tertiary/aromatic N) is 1. The Labute approximate surface area is 126 Å². The molecule has 0 radical (unpaired) electrons. The van der Waals surface area contributed by atoms with Crippen LogP contribution in [-0.4, -0.2) is 4.98 Å². The van der Waals surface area contributed by atoms with Crippen LogP contribution in [0.4, 0.5) is 13.2 Å². The zero-order valence-corrected chi connectivity index (χ0v) is 12.5. The van der Waals surface area contributed by atoms with E-state index in [1.165, 1.54) is 23.5 Å². The Kier molecular flexibility index (Phi) is 5.37. The summed E-state index contributed by atoms with van der Waals surface area (Å²) in [6.45, 7) is 0. The normalized spacial score (nSPS) is 12.9. The number of hydrogen-bond donors (Lipinski definition) is 1. The van der Waals surface area contributed by atoms with E-state index in [2.05, 4.69) is 20.9 Å². The molecule has 2 rings (SSSR count). The van der Waals surface area contributed by atoms with Gasteiger partial charge in [-0.05, 0) is 33.6 Å². The van der Waals surface area contributed by atoms with E-state index in [9.17, 15) is 13.2 Å². The van der Waals surface area contributed by atoms with Gasteiger partial charge in [0, 0.05) is 0 Å². The molecule has 2 N–H and O–H groups in total. The van der Waals surface area contributed by atoms with Crippen LogP contribution in [0.2, 0.25) is 0 Å². The first-order valence-electron chi connectivity index (χ1n) is 4.91. The molecule has 1 unspecified atom stereocenters. The van der Waals surface area contributed by atoms with Crippen molar-refractivity contribution < 1.29 is 13.2 Å². The highest BCUT2D eigenvalue weighted by atomic mass is 79.9. The molecule has 8 heteroatoms. The van der Waals surface area contributed by atoms with Gasteiger partial charge in [-0.25, -0.2) is 4.98 Å². The third-order valence-electron chi connectivity index (χ3n) is 2.44. The van der Waals surface area contributed by atoms with E-state index in [0.29, 0.717) is 11.3 Å². The Bertz CT molecular complexity index is 542. The predicted octanol–water partition coefficient (Wildman–Crippen LogP) is 4.39. The van der Waals surface area contributed by atoms with Crippen LogP contribution in [0, 0.1) is 0 Å². The van der Waals surface area contributed by atoms with Gasteiger partial charge in [0.05, 0.1) is 26.6 Å². The molecule has 1 aromatic heterocycles. The molecule has 0 saturated heterocycles. The molecule has 1 atom stereocenters. The van der Waals surface area contributed by atoms with E-state index in [4.69, 9.17) is 5.73 Å². The Morgan fingerprint density at radius 1 is 1.21 bits per heavy atom. The molecule has 2 aromatic rings. The summed E-state index contributed by atoms with van der Waals surface area (Å²) >= 11 is 4.69. The SMILES string of the molecule is Cl.NC(c1ccc(C(F)(F)F)cc1)c1ncsc1Br. The molecule has 0 bridgehead atoms. The summed E-state index contributed by atoms with van der Waals surface area (Å²) in [6.07, 6.45) is -4.33. The van der Waals surface area contributed by atoms with Gasteiger partial charge in [-0.2, -0.15) is 13.2 Å². The van der Waals surface area contributed by atoms with Crippen molar-refractivity contribution in [1.82, 2.24) is 4.98 Å². The fourth-order valence-electron chi connectivity index (χ4n) is 1.48. The maximum absolute atomic E-state index is 12.4. The van der Waals surface area contributed by atoms with E-state index in [1.807, 2.05) is 0 Å². The highest BCUT2D eigenvalue weighted by molar-refractivity contribution is 9.11. The molecule has 1 aromatic carbocycles. The topological polar surface area (TPSA) is 38.9 Å². The fraction of sp³-hybridized carbons (Fsp3) is 0.182. The Balaban J connectivity index is 0.00000180. The lowest BCUT2D eigenvalue weighted by molar-refractivity contribution is -0.137. The van der Waals surface area contributed by atoms with Crippen LogP contribution in [-0.2, 0) is 6.18 Å². The minimum absolute atomic E-state index is 0. The van der Waals surface area contributed by atoms with Gasteiger partial charge in [0.15, 0.2) is 0 Å². The number of aromatic nitrogens is 1. The van der Waals surface area contributed by atoms with Gasteiger partial charge in [0.1, 0.15) is 0 Å². The molecule has 0 aliphatic heterocycles. The van der Waals surface area contributed by atoms with Crippen molar-refractivity contribution in [3.63, 3.8) is 0 Å². The van der Waals surface area contributed by atoms with Gasteiger partial charge in [0.2, 0.25) is 0 Å². The van der Waals surface area contributed by atoms with Crippen molar-refractivity contribution in [2.75, 3.05) is 0 Å². The number of alkyl halides is 3. The molecule has 0 aliphatic rings. The smallest absolute Gasteiger partial charge is 0.319 e. The molecular weight excluding hydrogens is 365 g/mol. The largest absolute Gasteiger partial charge is 0.416 e. The van der Waals surface area contributed by atoms with E-state index < -0.39 is 17.8 Å². The highest BCUT2D eigenvalue weighted by Gasteiger charge is 2.30. The summed E-state index contributed by atoms with van der Waals surface area (Å²) in [5.41, 5.74) is 8.11. The Morgan fingerprint density at radius 3 is 2.21 bits per heavy atom. The molecule has 0 aliphatic carbocycles. The van der Waals surface area contributed by atoms with Gasteiger partial charge >= 0.3 is 6.18 Å². The van der Waals surface area contributed by atoms with Crippen molar-refractivity contribution in [2.24, 2.45) is 5.73 Å². The summed E-state index contributed by atoms with van der Waals surface area (Å²) in [5, 5.41) is 0. The minimum atomic E-state index is -4.33. The zero-order chi connectivity index (χ0) is 13.3. The van der Waals surface area contributed by atoms with Gasteiger partial charge in [-0.1, -0.05) is 12.1 Å². The van der Waals surface area contributed by atoms with Crippen LogP contribution in [0.1, 0.15) is 22.9 Å². The lowest BCUT2D eigenvalue weighted by atomic mass is 10.0. The van der Waals surface area contributed by atoms with Crippen LogP contribution in [0.25, 0.3) is 0 Å². The van der Waals surface area contributed by atoms with Crippen LogP contribution < -0.4 is 5.73 Å². The van der Waals surface area contributed by atoms with Crippen LogP contribution in [0.15, 0.2) is 33.6 Å². The Morgan fingerprint density at radius 2 is 1.79 bits per heavy atom. The first-order valence-corrected chi connectivity index (χ1v) is 6.58. The zero-order valence-electron chi connectivity index (χ0n) is 9.32. The molecule has 0 amide bonds.